The maximum Gasteiger partial charge on any atom is 0.314 e. The number of nitrogens with zero attached hydrogens (tertiary/aromatic N) is 1. The van der Waals surface area contributed by atoms with E-state index in [2.05, 4.69) is 41.7 Å². The summed E-state index contributed by atoms with van der Waals surface area (Å²) in [5.74, 6) is 0.208. The third-order valence-corrected chi connectivity index (χ3v) is 7.32. The lowest BCUT2D eigenvalue weighted by molar-refractivity contribution is -0.161. The molecule has 2 aromatic carbocycles. The summed E-state index contributed by atoms with van der Waals surface area (Å²) in [5, 5.41) is 13.0. The van der Waals surface area contributed by atoms with Crippen LogP contribution < -0.4 is 5.32 Å². The smallest absolute Gasteiger partial charge is 0.314 e. The summed E-state index contributed by atoms with van der Waals surface area (Å²) in [4.78, 5) is 13.2. The molecule has 3 aliphatic carbocycles. The highest BCUT2D eigenvalue weighted by Crippen LogP contribution is 2.67. The van der Waals surface area contributed by atoms with Crippen LogP contribution in [0.5, 0.6) is 0 Å². The zero-order chi connectivity index (χ0) is 18.6. The molecule has 2 aromatic rings. The van der Waals surface area contributed by atoms with Crippen LogP contribution in [0.2, 0.25) is 0 Å². The van der Waals surface area contributed by atoms with Gasteiger partial charge < -0.3 is 10.1 Å². The Kier molecular flexibility index (Phi) is 4.49. The Hall–Kier alpha value is -2.35. The topological polar surface area (TPSA) is 62.1 Å². The van der Waals surface area contributed by atoms with Crippen molar-refractivity contribution < 1.29 is 9.53 Å². The van der Waals surface area contributed by atoms with Crippen molar-refractivity contribution >= 4 is 18.4 Å². The maximum absolute atomic E-state index is 13.2. The van der Waals surface area contributed by atoms with Crippen molar-refractivity contribution in [3.8, 4) is 6.07 Å². The molecule has 2 fully saturated rings. The number of benzene rings is 2. The van der Waals surface area contributed by atoms with Gasteiger partial charge in [0.05, 0.1) is 24.2 Å². The van der Waals surface area contributed by atoms with E-state index in [9.17, 15) is 10.1 Å². The molecular weight excluding hydrogens is 372 g/mol. The van der Waals surface area contributed by atoms with Crippen LogP contribution in [0.15, 0.2) is 48.5 Å². The molecule has 4 aliphatic rings. The van der Waals surface area contributed by atoms with E-state index in [1.54, 1.807) is 0 Å². The quantitative estimate of drug-likeness (QED) is 0.791. The summed E-state index contributed by atoms with van der Waals surface area (Å²) >= 11 is 0. The lowest BCUT2D eigenvalue weighted by Crippen LogP contribution is -2.60. The zero-order valence-electron chi connectivity index (χ0n) is 15.8. The lowest BCUT2D eigenvalue weighted by Gasteiger charge is -2.59. The second kappa shape index (κ2) is 6.62. The SMILES string of the molecule is COC(=O)C12CNCC1C1(c3cccc(C#N)c3)CCC2c2ccccc21.Cl. The number of hydrogen-bond acceptors (Lipinski definition) is 4. The first-order valence-corrected chi connectivity index (χ1v) is 9.57. The fourth-order valence-electron chi connectivity index (χ4n) is 6.39. The Balaban J connectivity index is 0.00000192. The minimum absolute atomic E-state index is 0. The molecule has 0 aromatic heterocycles. The largest absolute Gasteiger partial charge is 0.469 e. The van der Waals surface area contributed by atoms with Crippen molar-refractivity contribution in [1.82, 2.24) is 5.32 Å². The lowest BCUT2D eigenvalue weighted by atomic mass is 9.42. The van der Waals surface area contributed by atoms with Gasteiger partial charge in [0.1, 0.15) is 0 Å². The normalized spacial score (nSPS) is 31.9. The van der Waals surface area contributed by atoms with Crippen LogP contribution in [0, 0.1) is 22.7 Å². The Morgan fingerprint density at radius 3 is 2.86 bits per heavy atom. The molecule has 0 radical (unpaired) electrons. The van der Waals surface area contributed by atoms with Crippen LogP contribution in [-0.4, -0.2) is 26.2 Å². The Morgan fingerprint density at radius 1 is 1.25 bits per heavy atom. The minimum atomic E-state index is -0.538. The highest BCUT2D eigenvalue weighted by atomic mass is 35.5. The molecule has 2 bridgehead atoms. The van der Waals surface area contributed by atoms with Crippen molar-refractivity contribution in [3.63, 3.8) is 0 Å². The predicted octanol–water partition coefficient (Wildman–Crippen LogP) is 3.54. The molecule has 4 unspecified atom stereocenters. The number of carbonyl (C=O) groups excluding carboxylic acids is 1. The van der Waals surface area contributed by atoms with Crippen LogP contribution in [-0.2, 0) is 14.9 Å². The van der Waals surface area contributed by atoms with E-state index in [-0.39, 0.29) is 35.6 Å². The number of carbonyl (C=O) groups is 1. The maximum atomic E-state index is 13.2. The molecule has 1 heterocycles. The van der Waals surface area contributed by atoms with Gasteiger partial charge in [-0.3, -0.25) is 4.79 Å². The van der Waals surface area contributed by atoms with Gasteiger partial charge in [-0.2, -0.15) is 5.26 Å². The van der Waals surface area contributed by atoms with Crippen molar-refractivity contribution in [2.45, 2.75) is 24.2 Å². The van der Waals surface area contributed by atoms with Gasteiger partial charge in [-0.05, 0) is 41.7 Å². The van der Waals surface area contributed by atoms with Crippen molar-refractivity contribution in [1.29, 1.82) is 5.26 Å². The van der Waals surface area contributed by atoms with Gasteiger partial charge in [0.25, 0.3) is 0 Å². The van der Waals surface area contributed by atoms with Gasteiger partial charge >= 0.3 is 5.97 Å². The Bertz CT molecular complexity index is 985. The first-order valence-electron chi connectivity index (χ1n) is 9.57. The van der Waals surface area contributed by atoms with E-state index in [4.69, 9.17) is 4.74 Å². The molecule has 0 spiro atoms. The van der Waals surface area contributed by atoms with Crippen molar-refractivity contribution in [2.75, 3.05) is 20.2 Å². The summed E-state index contributed by atoms with van der Waals surface area (Å²) in [6.45, 7) is 1.44. The van der Waals surface area contributed by atoms with Gasteiger partial charge in [-0.25, -0.2) is 0 Å². The summed E-state index contributed by atoms with van der Waals surface area (Å²) in [6, 6.07) is 18.8. The highest BCUT2D eigenvalue weighted by Gasteiger charge is 2.69. The first-order chi connectivity index (χ1) is 13.2. The van der Waals surface area contributed by atoms with Crippen LogP contribution in [0.1, 0.15) is 41.0 Å². The van der Waals surface area contributed by atoms with E-state index in [0.29, 0.717) is 12.1 Å². The van der Waals surface area contributed by atoms with E-state index in [1.165, 1.54) is 18.2 Å². The van der Waals surface area contributed by atoms with Crippen molar-refractivity contribution in [3.05, 3.63) is 70.8 Å². The predicted molar refractivity (Wildman–Crippen MR) is 108 cm³/mol. The fourth-order valence-corrected chi connectivity index (χ4v) is 6.39. The molecule has 5 heteroatoms. The van der Waals surface area contributed by atoms with Crippen LogP contribution in [0.3, 0.4) is 0 Å². The molecular formula is C23H23ClN2O2. The van der Waals surface area contributed by atoms with E-state index in [0.717, 1.165) is 24.9 Å². The number of halogens is 1. The second-order valence-electron chi connectivity index (χ2n) is 8.06. The van der Waals surface area contributed by atoms with Crippen LogP contribution in [0.25, 0.3) is 0 Å². The molecule has 6 rings (SSSR count). The van der Waals surface area contributed by atoms with Gasteiger partial charge in [0.15, 0.2) is 0 Å². The zero-order valence-corrected chi connectivity index (χ0v) is 16.6. The molecule has 0 amide bonds. The number of ether oxygens (including phenoxy) is 1. The van der Waals surface area contributed by atoms with Crippen molar-refractivity contribution in [2.24, 2.45) is 11.3 Å². The fraction of sp³-hybridized carbons (Fsp3) is 0.391. The number of fused-ring (bicyclic) bond motifs is 1. The summed E-state index contributed by atoms with van der Waals surface area (Å²) in [6.07, 6.45) is 1.95. The van der Waals surface area contributed by atoms with Crippen LogP contribution in [0.4, 0.5) is 0 Å². The second-order valence-corrected chi connectivity index (χ2v) is 8.06. The van der Waals surface area contributed by atoms with Gasteiger partial charge in [0, 0.05) is 30.3 Å². The number of esters is 1. The van der Waals surface area contributed by atoms with E-state index >= 15 is 0 Å². The van der Waals surface area contributed by atoms with Gasteiger partial charge in [0.2, 0.25) is 0 Å². The summed E-state index contributed by atoms with van der Waals surface area (Å²) in [7, 11) is 1.50. The Morgan fingerprint density at radius 2 is 2.07 bits per heavy atom. The summed E-state index contributed by atoms with van der Waals surface area (Å²) in [5.41, 5.74) is 3.61. The molecule has 1 N–H and O–H groups in total. The Labute approximate surface area is 171 Å². The molecule has 1 aliphatic heterocycles. The standard InChI is InChI=1S/C23H22N2O2.ClH/c1-27-21(26)23-14-25-13-20(23)22(16-6-4-5-15(11-16)12-24)10-9-19(23)17-7-2-3-8-18(17)22;/h2-8,11,19-20,25H,9-10,13-14H2,1H3;1H. The number of methoxy groups -OCH3 is 1. The number of nitrogens with one attached hydrogen (secondary N) is 1. The number of hydrogen-bond donors (Lipinski definition) is 1. The van der Waals surface area contributed by atoms with Gasteiger partial charge in [-0.15, -0.1) is 12.4 Å². The summed E-state index contributed by atoms with van der Waals surface area (Å²) < 4.78 is 5.36. The molecule has 1 saturated heterocycles. The monoisotopic (exact) mass is 394 g/mol. The third-order valence-electron chi connectivity index (χ3n) is 7.32. The molecule has 28 heavy (non-hydrogen) atoms. The molecule has 144 valence electrons. The van der Waals surface area contributed by atoms with E-state index < -0.39 is 5.41 Å². The average Bonchev–Trinajstić information content (AvgIpc) is 3.21. The minimum Gasteiger partial charge on any atom is -0.469 e. The number of nitriles is 1. The molecule has 4 atom stereocenters. The highest BCUT2D eigenvalue weighted by molar-refractivity contribution is 5.85. The van der Waals surface area contributed by atoms with Crippen LogP contribution >= 0.6 is 12.4 Å². The molecule has 4 nitrogen and oxygen atoms in total. The number of rotatable bonds is 2. The first kappa shape index (κ1) is 19.0. The van der Waals surface area contributed by atoms with Gasteiger partial charge in [-0.1, -0.05) is 36.4 Å². The average molecular weight is 395 g/mol. The third kappa shape index (κ3) is 2.12. The van der Waals surface area contributed by atoms with E-state index in [1.807, 2.05) is 18.2 Å². The molecule has 1 saturated carbocycles.